The molecule has 2 atom stereocenters. The molecule has 0 nitrogen and oxygen atoms in total. The minimum atomic E-state index is 0.443. The van der Waals surface area contributed by atoms with Crippen LogP contribution in [0.2, 0.25) is 0 Å². The molecule has 16 heavy (non-hydrogen) atoms. The van der Waals surface area contributed by atoms with Gasteiger partial charge in [0.2, 0.25) is 0 Å². The van der Waals surface area contributed by atoms with Gasteiger partial charge in [0.15, 0.2) is 0 Å². The van der Waals surface area contributed by atoms with Crippen LogP contribution in [0.5, 0.6) is 0 Å². The molecule has 0 amide bonds. The monoisotopic (exact) mass is 212 g/mol. The summed E-state index contributed by atoms with van der Waals surface area (Å²) >= 11 is 0. The first-order valence-corrected chi connectivity index (χ1v) is 6.45. The summed E-state index contributed by atoms with van der Waals surface area (Å²) in [5.74, 6) is 1.81. The fourth-order valence-electron chi connectivity index (χ4n) is 3.71. The van der Waals surface area contributed by atoms with Gasteiger partial charge < -0.3 is 0 Å². The average molecular weight is 212 g/mol. The van der Waals surface area contributed by atoms with Gasteiger partial charge in [0.1, 0.15) is 0 Å². The van der Waals surface area contributed by atoms with Gasteiger partial charge in [-0.05, 0) is 42.1 Å². The lowest BCUT2D eigenvalue weighted by Crippen LogP contribution is -2.22. The van der Waals surface area contributed by atoms with E-state index in [-0.39, 0.29) is 0 Å². The van der Waals surface area contributed by atoms with E-state index in [1.54, 1.807) is 5.57 Å². The second kappa shape index (κ2) is 3.48. The van der Waals surface area contributed by atoms with Crippen molar-refractivity contribution < 1.29 is 0 Å². The molecule has 0 aliphatic heterocycles. The highest BCUT2D eigenvalue weighted by Crippen LogP contribution is 2.59. The maximum atomic E-state index is 2.45. The fraction of sp³-hybridized carbons (Fsp3) is 0.500. The Morgan fingerprint density at radius 2 is 1.88 bits per heavy atom. The average Bonchev–Trinajstić information content (AvgIpc) is 2.83. The molecule has 1 aromatic rings. The third-order valence-electron chi connectivity index (χ3n) is 4.76. The highest BCUT2D eigenvalue weighted by atomic mass is 14.5. The number of fused-ring (bicyclic) bond motifs is 2. The Morgan fingerprint density at radius 1 is 1.12 bits per heavy atom. The van der Waals surface area contributed by atoms with E-state index in [0.29, 0.717) is 5.41 Å². The molecular weight excluding hydrogens is 192 g/mol. The van der Waals surface area contributed by atoms with Gasteiger partial charge in [-0.3, -0.25) is 0 Å². The van der Waals surface area contributed by atoms with E-state index in [4.69, 9.17) is 0 Å². The van der Waals surface area contributed by atoms with E-state index in [9.17, 15) is 0 Å². The molecule has 0 saturated heterocycles. The van der Waals surface area contributed by atoms with Crippen molar-refractivity contribution in [3.05, 3.63) is 41.5 Å². The van der Waals surface area contributed by atoms with Gasteiger partial charge in [0, 0.05) is 0 Å². The SMILES string of the molecule is CC1(C)C(=Cc2ccccc2)C2CCC1C2. The quantitative estimate of drug-likeness (QED) is 0.641. The molecule has 3 rings (SSSR count). The normalized spacial score (nSPS) is 33.5. The molecule has 2 aliphatic rings. The van der Waals surface area contributed by atoms with Gasteiger partial charge >= 0.3 is 0 Å². The molecule has 0 spiro atoms. The van der Waals surface area contributed by atoms with Crippen molar-refractivity contribution in [2.24, 2.45) is 17.3 Å². The molecule has 2 fully saturated rings. The van der Waals surface area contributed by atoms with E-state index in [2.05, 4.69) is 50.3 Å². The maximum absolute atomic E-state index is 2.45. The Hall–Kier alpha value is -1.04. The van der Waals surface area contributed by atoms with Crippen LogP contribution in [0.25, 0.3) is 6.08 Å². The van der Waals surface area contributed by atoms with Crippen LogP contribution >= 0.6 is 0 Å². The van der Waals surface area contributed by atoms with Crippen LogP contribution in [0.15, 0.2) is 35.9 Å². The molecule has 0 N–H and O–H groups in total. The van der Waals surface area contributed by atoms with Gasteiger partial charge in [-0.1, -0.05) is 55.8 Å². The van der Waals surface area contributed by atoms with Crippen molar-refractivity contribution in [2.75, 3.05) is 0 Å². The van der Waals surface area contributed by atoms with Crippen LogP contribution in [0.4, 0.5) is 0 Å². The minimum absolute atomic E-state index is 0.443. The highest BCUT2D eigenvalue weighted by Gasteiger charge is 2.48. The van der Waals surface area contributed by atoms with Crippen LogP contribution < -0.4 is 0 Å². The predicted molar refractivity (Wildman–Crippen MR) is 69.0 cm³/mol. The van der Waals surface area contributed by atoms with E-state index >= 15 is 0 Å². The molecule has 0 radical (unpaired) electrons. The van der Waals surface area contributed by atoms with Crippen molar-refractivity contribution in [1.82, 2.24) is 0 Å². The van der Waals surface area contributed by atoms with Crippen molar-refractivity contribution in [3.63, 3.8) is 0 Å². The summed E-state index contributed by atoms with van der Waals surface area (Å²) in [4.78, 5) is 0. The molecular formula is C16H20. The first-order valence-electron chi connectivity index (χ1n) is 6.45. The fourth-order valence-corrected chi connectivity index (χ4v) is 3.71. The summed E-state index contributed by atoms with van der Waals surface area (Å²) in [6, 6.07) is 10.8. The molecule has 2 saturated carbocycles. The van der Waals surface area contributed by atoms with Gasteiger partial charge in [-0.15, -0.1) is 0 Å². The van der Waals surface area contributed by atoms with Crippen LogP contribution in [-0.4, -0.2) is 0 Å². The number of benzene rings is 1. The van der Waals surface area contributed by atoms with Crippen LogP contribution in [0.1, 0.15) is 38.7 Å². The summed E-state index contributed by atoms with van der Waals surface area (Å²) in [6.07, 6.45) is 6.76. The Bertz CT molecular complexity index is 411. The zero-order valence-electron chi connectivity index (χ0n) is 10.2. The molecule has 0 aromatic heterocycles. The molecule has 2 unspecified atom stereocenters. The van der Waals surface area contributed by atoms with Gasteiger partial charge in [0.05, 0.1) is 0 Å². The Balaban J connectivity index is 1.98. The molecule has 2 aliphatic carbocycles. The maximum Gasteiger partial charge on any atom is -0.0110 e. The minimum Gasteiger partial charge on any atom is -0.0622 e. The zero-order chi connectivity index (χ0) is 11.2. The zero-order valence-corrected chi connectivity index (χ0v) is 10.2. The Labute approximate surface area is 98.4 Å². The first-order chi connectivity index (χ1) is 7.68. The van der Waals surface area contributed by atoms with Crippen molar-refractivity contribution >= 4 is 6.08 Å². The lowest BCUT2D eigenvalue weighted by atomic mass is 9.72. The summed E-state index contributed by atoms with van der Waals surface area (Å²) in [5.41, 5.74) is 3.52. The Kier molecular flexibility index (Phi) is 2.20. The van der Waals surface area contributed by atoms with Gasteiger partial charge in [0.25, 0.3) is 0 Å². The van der Waals surface area contributed by atoms with E-state index < -0.39 is 0 Å². The topological polar surface area (TPSA) is 0 Å². The van der Waals surface area contributed by atoms with Gasteiger partial charge in [-0.2, -0.15) is 0 Å². The highest BCUT2D eigenvalue weighted by molar-refractivity contribution is 5.56. The molecule has 1 aromatic carbocycles. The number of hydrogen-bond acceptors (Lipinski definition) is 0. The van der Waals surface area contributed by atoms with Crippen molar-refractivity contribution in [3.8, 4) is 0 Å². The van der Waals surface area contributed by atoms with Crippen LogP contribution in [-0.2, 0) is 0 Å². The van der Waals surface area contributed by atoms with Gasteiger partial charge in [-0.25, -0.2) is 0 Å². The molecule has 0 heteroatoms. The van der Waals surface area contributed by atoms with E-state index in [1.165, 1.54) is 24.8 Å². The third kappa shape index (κ3) is 1.43. The predicted octanol–water partition coefficient (Wildman–Crippen LogP) is 4.53. The number of hydrogen-bond donors (Lipinski definition) is 0. The smallest absolute Gasteiger partial charge is 0.0110 e. The number of allylic oxidation sites excluding steroid dienone is 1. The second-order valence-corrected chi connectivity index (χ2v) is 5.94. The summed E-state index contributed by atoms with van der Waals surface area (Å²) in [7, 11) is 0. The van der Waals surface area contributed by atoms with Crippen LogP contribution in [0.3, 0.4) is 0 Å². The lowest BCUT2D eigenvalue weighted by molar-refractivity contribution is 0.290. The molecule has 84 valence electrons. The third-order valence-corrected chi connectivity index (χ3v) is 4.76. The lowest BCUT2D eigenvalue weighted by Gasteiger charge is -2.33. The standard InChI is InChI=1S/C16H20/c1-16(2)14-9-8-13(11-14)15(16)10-12-6-4-3-5-7-12/h3-7,10,13-14H,8-9,11H2,1-2H3. The molecule has 2 bridgehead atoms. The first kappa shape index (κ1) is 10.1. The number of rotatable bonds is 1. The summed E-state index contributed by atoms with van der Waals surface area (Å²) in [6.45, 7) is 4.87. The Morgan fingerprint density at radius 3 is 2.50 bits per heavy atom. The summed E-state index contributed by atoms with van der Waals surface area (Å²) in [5, 5.41) is 0. The summed E-state index contributed by atoms with van der Waals surface area (Å²) < 4.78 is 0. The van der Waals surface area contributed by atoms with Crippen molar-refractivity contribution in [1.29, 1.82) is 0 Å². The van der Waals surface area contributed by atoms with Crippen molar-refractivity contribution in [2.45, 2.75) is 33.1 Å². The van der Waals surface area contributed by atoms with E-state index in [0.717, 1.165) is 11.8 Å². The molecule has 0 heterocycles. The second-order valence-electron chi connectivity index (χ2n) is 5.94. The van der Waals surface area contributed by atoms with Crippen LogP contribution in [0, 0.1) is 17.3 Å². The van der Waals surface area contributed by atoms with E-state index in [1.807, 2.05) is 0 Å². The largest absolute Gasteiger partial charge is 0.0622 e.